The molecule has 1 aromatic heterocycles. The monoisotopic (exact) mass is 284 g/mol. The van der Waals surface area contributed by atoms with Crippen LogP contribution in [0.3, 0.4) is 0 Å². The molecule has 0 amide bonds. The van der Waals surface area contributed by atoms with Crippen molar-refractivity contribution in [1.82, 2.24) is 0 Å². The van der Waals surface area contributed by atoms with Gasteiger partial charge in [-0.15, -0.1) is 0 Å². The van der Waals surface area contributed by atoms with E-state index in [4.69, 9.17) is 0 Å². The predicted molar refractivity (Wildman–Crippen MR) is 92.8 cm³/mol. The van der Waals surface area contributed by atoms with Gasteiger partial charge in [0.25, 0.3) is 0 Å². The molecule has 4 aromatic rings. The summed E-state index contributed by atoms with van der Waals surface area (Å²) in [7, 11) is 2.12. The second-order valence-corrected chi connectivity index (χ2v) is 5.82. The quantitative estimate of drug-likeness (QED) is 0.442. The second-order valence-electron chi connectivity index (χ2n) is 5.82. The van der Waals surface area contributed by atoms with E-state index in [0.29, 0.717) is 0 Å². The van der Waals surface area contributed by atoms with Crippen LogP contribution in [0.1, 0.15) is 5.56 Å². The fourth-order valence-electron chi connectivity index (χ4n) is 3.33. The van der Waals surface area contributed by atoms with Crippen molar-refractivity contribution in [2.75, 3.05) is 0 Å². The molecular formula is C21H18N+. The van der Waals surface area contributed by atoms with Gasteiger partial charge in [-0.05, 0) is 40.8 Å². The van der Waals surface area contributed by atoms with Crippen molar-refractivity contribution in [2.24, 2.45) is 7.05 Å². The highest BCUT2D eigenvalue weighted by molar-refractivity contribution is 5.97. The first-order chi connectivity index (χ1) is 10.8. The Bertz CT molecular complexity index is 999. The molecule has 0 radical (unpaired) electrons. The van der Waals surface area contributed by atoms with Crippen molar-refractivity contribution in [3.8, 4) is 11.3 Å². The van der Waals surface area contributed by atoms with Gasteiger partial charge in [0.15, 0.2) is 6.20 Å². The first kappa shape index (κ1) is 13.0. The third kappa shape index (κ3) is 1.90. The third-order valence-corrected chi connectivity index (χ3v) is 4.50. The van der Waals surface area contributed by atoms with Gasteiger partial charge in [0, 0.05) is 6.07 Å². The molecule has 0 aliphatic carbocycles. The highest BCUT2D eigenvalue weighted by Crippen LogP contribution is 2.31. The summed E-state index contributed by atoms with van der Waals surface area (Å²) in [6.45, 7) is 2.22. The number of hydrogen-bond acceptors (Lipinski definition) is 0. The van der Waals surface area contributed by atoms with Gasteiger partial charge in [0.05, 0.1) is 10.9 Å². The average molecular weight is 284 g/mol. The first-order valence-electron chi connectivity index (χ1n) is 7.62. The summed E-state index contributed by atoms with van der Waals surface area (Å²) in [6, 6.07) is 23.8. The number of nitrogens with zero attached hydrogens (tertiary/aromatic N) is 1. The summed E-state index contributed by atoms with van der Waals surface area (Å²) >= 11 is 0. The van der Waals surface area contributed by atoms with Crippen LogP contribution in [-0.4, -0.2) is 0 Å². The smallest absolute Gasteiger partial charge is 0.200 e. The predicted octanol–water partition coefficient (Wildman–Crippen LogP) is 4.79. The molecule has 0 saturated carbocycles. The fraction of sp³-hybridized carbons (Fsp3) is 0.0952. The van der Waals surface area contributed by atoms with Crippen LogP contribution in [0.2, 0.25) is 0 Å². The van der Waals surface area contributed by atoms with E-state index in [1.54, 1.807) is 0 Å². The topological polar surface area (TPSA) is 3.88 Å². The Morgan fingerprint density at radius 1 is 0.682 bits per heavy atom. The number of aryl methyl sites for hydroxylation is 2. The Morgan fingerprint density at radius 3 is 2.09 bits per heavy atom. The zero-order chi connectivity index (χ0) is 15.1. The van der Waals surface area contributed by atoms with Gasteiger partial charge in [-0.25, -0.2) is 4.57 Å². The van der Waals surface area contributed by atoms with Gasteiger partial charge in [-0.1, -0.05) is 48.5 Å². The minimum absolute atomic E-state index is 1.28. The van der Waals surface area contributed by atoms with Crippen molar-refractivity contribution in [3.05, 3.63) is 78.5 Å². The van der Waals surface area contributed by atoms with Crippen LogP contribution in [0.4, 0.5) is 0 Å². The normalized spacial score (nSPS) is 11.2. The molecule has 0 saturated heterocycles. The molecule has 0 aliphatic heterocycles. The van der Waals surface area contributed by atoms with Crippen molar-refractivity contribution in [3.63, 3.8) is 0 Å². The van der Waals surface area contributed by atoms with Crippen LogP contribution in [-0.2, 0) is 7.05 Å². The summed E-state index contributed by atoms with van der Waals surface area (Å²) in [5.74, 6) is 0. The Morgan fingerprint density at radius 2 is 1.32 bits per heavy atom. The fourth-order valence-corrected chi connectivity index (χ4v) is 3.33. The van der Waals surface area contributed by atoms with Crippen LogP contribution in [0.25, 0.3) is 32.8 Å². The first-order valence-corrected chi connectivity index (χ1v) is 7.62. The summed E-state index contributed by atoms with van der Waals surface area (Å²) in [5, 5.41) is 5.20. The van der Waals surface area contributed by atoms with E-state index < -0.39 is 0 Å². The van der Waals surface area contributed by atoms with E-state index in [9.17, 15) is 0 Å². The molecule has 1 heteroatoms. The molecule has 0 unspecified atom stereocenters. The Hall–Kier alpha value is -2.67. The summed E-state index contributed by atoms with van der Waals surface area (Å²) in [4.78, 5) is 0. The Kier molecular flexibility index (Phi) is 2.93. The lowest BCUT2D eigenvalue weighted by molar-refractivity contribution is -0.659. The lowest BCUT2D eigenvalue weighted by Crippen LogP contribution is -2.30. The highest BCUT2D eigenvalue weighted by atomic mass is 14.9. The number of hydrogen-bond donors (Lipinski definition) is 0. The van der Waals surface area contributed by atoms with E-state index >= 15 is 0 Å². The highest BCUT2D eigenvalue weighted by Gasteiger charge is 2.17. The second kappa shape index (κ2) is 4.96. The van der Waals surface area contributed by atoms with Gasteiger partial charge in [0.2, 0.25) is 5.69 Å². The summed E-state index contributed by atoms with van der Waals surface area (Å²) in [5.41, 5.74) is 3.92. The number of aromatic nitrogens is 1. The molecule has 0 bridgehead atoms. The third-order valence-electron chi connectivity index (χ3n) is 4.50. The molecule has 0 spiro atoms. The van der Waals surface area contributed by atoms with Crippen LogP contribution in [0.5, 0.6) is 0 Å². The molecular weight excluding hydrogens is 266 g/mol. The molecule has 0 fully saturated rings. The number of rotatable bonds is 1. The molecule has 4 rings (SSSR count). The van der Waals surface area contributed by atoms with E-state index in [-0.39, 0.29) is 0 Å². The maximum atomic E-state index is 2.25. The largest absolute Gasteiger partial charge is 0.220 e. The zero-order valence-corrected chi connectivity index (χ0v) is 12.9. The summed E-state index contributed by atoms with van der Waals surface area (Å²) < 4.78 is 2.22. The van der Waals surface area contributed by atoms with Gasteiger partial charge in [-0.3, -0.25) is 0 Å². The lowest BCUT2D eigenvalue weighted by atomic mass is 9.95. The minimum Gasteiger partial charge on any atom is -0.200 e. The molecule has 22 heavy (non-hydrogen) atoms. The number of fused-ring (bicyclic) bond motifs is 2. The van der Waals surface area contributed by atoms with E-state index in [0.717, 1.165) is 0 Å². The minimum atomic E-state index is 1.28. The molecule has 0 atom stereocenters. The van der Waals surface area contributed by atoms with Gasteiger partial charge in [-0.2, -0.15) is 0 Å². The molecule has 106 valence electrons. The maximum Gasteiger partial charge on any atom is 0.220 e. The van der Waals surface area contributed by atoms with E-state index in [1.807, 2.05) is 0 Å². The standard InChI is InChI=1S/C21H18N/c1-15-18-9-5-3-7-16(18)11-12-19(15)21-20-10-6-4-8-17(20)13-14-22(21)2/h3-14H,1-2H3/q+1. The van der Waals surface area contributed by atoms with Crippen LogP contribution in [0.15, 0.2) is 72.9 Å². The zero-order valence-electron chi connectivity index (χ0n) is 12.9. The summed E-state index contributed by atoms with van der Waals surface area (Å²) in [6.07, 6.45) is 2.15. The molecule has 1 nitrogen and oxygen atoms in total. The molecule has 3 aromatic carbocycles. The van der Waals surface area contributed by atoms with E-state index in [1.165, 1.54) is 38.4 Å². The molecule has 0 N–H and O–H groups in total. The average Bonchev–Trinajstić information content (AvgIpc) is 2.56. The lowest BCUT2D eigenvalue weighted by Gasteiger charge is -2.10. The molecule has 1 heterocycles. The van der Waals surface area contributed by atoms with E-state index in [2.05, 4.69) is 91.5 Å². The number of pyridine rings is 1. The molecule has 0 aliphatic rings. The van der Waals surface area contributed by atoms with Gasteiger partial charge < -0.3 is 0 Å². The van der Waals surface area contributed by atoms with Gasteiger partial charge in [0.1, 0.15) is 7.05 Å². The number of benzene rings is 3. The Balaban J connectivity index is 2.12. The van der Waals surface area contributed by atoms with Crippen LogP contribution >= 0.6 is 0 Å². The van der Waals surface area contributed by atoms with Gasteiger partial charge >= 0.3 is 0 Å². The SMILES string of the molecule is Cc1c(-c2c3ccccc3cc[n+]2C)ccc2ccccc12. The van der Waals surface area contributed by atoms with Crippen molar-refractivity contribution < 1.29 is 4.57 Å². The van der Waals surface area contributed by atoms with Crippen LogP contribution < -0.4 is 4.57 Å². The van der Waals surface area contributed by atoms with Crippen molar-refractivity contribution >= 4 is 21.5 Å². The van der Waals surface area contributed by atoms with Crippen LogP contribution in [0, 0.1) is 6.92 Å². The van der Waals surface area contributed by atoms with Crippen molar-refractivity contribution in [2.45, 2.75) is 6.92 Å². The van der Waals surface area contributed by atoms with Crippen molar-refractivity contribution in [1.29, 1.82) is 0 Å². The Labute approximate surface area is 130 Å². The maximum absolute atomic E-state index is 2.25.